The van der Waals surface area contributed by atoms with Gasteiger partial charge in [0.05, 0.1) is 11.5 Å². The Morgan fingerprint density at radius 3 is 2.63 bits per heavy atom. The number of hydrogen-bond donors (Lipinski definition) is 2. The highest BCUT2D eigenvalue weighted by molar-refractivity contribution is 7.98. The molecule has 0 saturated carbocycles. The Morgan fingerprint density at radius 2 is 2.16 bits per heavy atom. The fourth-order valence-electron chi connectivity index (χ4n) is 1.55. The van der Waals surface area contributed by atoms with Gasteiger partial charge < -0.3 is 5.11 Å². The first-order valence-electron chi connectivity index (χ1n) is 5.85. The summed E-state index contributed by atoms with van der Waals surface area (Å²) >= 11 is 7.50. The molecule has 0 fully saturated rings. The monoisotopic (exact) mass is 323 g/mol. The standard InChI is InChI=1S/C12H18ClNO3S2/c1-3-10(8-18-2)14-19(16,17)11-5-4-9(7-15)12(13)6-11/h4-6,10,14-15H,3,7-8H2,1-2H3. The molecule has 108 valence electrons. The van der Waals surface area contributed by atoms with E-state index >= 15 is 0 Å². The van der Waals surface area contributed by atoms with Crippen LogP contribution in [0.4, 0.5) is 0 Å². The molecule has 0 aliphatic rings. The third kappa shape index (κ3) is 4.65. The van der Waals surface area contributed by atoms with Crippen molar-refractivity contribution in [2.24, 2.45) is 0 Å². The first-order valence-corrected chi connectivity index (χ1v) is 9.10. The molecule has 1 unspecified atom stereocenters. The minimum atomic E-state index is -3.57. The Hall–Kier alpha value is -0.270. The van der Waals surface area contributed by atoms with Crippen LogP contribution in [-0.4, -0.2) is 31.6 Å². The van der Waals surface area contributed by atoms with Gasteiger partial charge in [0.1, 0.15) is 0 Å². The summed E-state index contributed by atoms with van der Waals surface area (Å²) in [5.41, 5.74) is 0.511. The Kier molecular flexibility index (Phi) is 6.62. The molecule has 0 aromatic heterocycles. The van der Waals surface area contributed by atoms with Gasteiger partial charge in [-0.3, -0.25) is 0 Å². The van der Waals surface area contributed by atoms with Gasteiger partial charge in [-0.15, -0.1) is 0 Å². The average molecular weight is 324 g/mol. The van der Waals surface area contributed by atoms with Crippen LogP contribution in [0, 0.1) is 0 Å². The molecule has 0 aliphatic carbocycles. The number of nitrogens with one attached hydrogen (secondary N) is 1. The number of sulfonamides is 1. The molecule has 0 bridgehead atoms. The van der Waals surface area contributed by atoms with Crippen LogP contribution in [0.2, 0.25) is 5.02 Å². The van der Waals surface area contributed by atoms with Gasteiger partial charge >= 0.3 is 0 Å². The third-order valence-electron chi connectivity index (χ3n) is 2.69. The first kappa shape index (κ1) is 16.8. The number of aliphatic hydroxyl groups is 1. The molecule has 0 saturated heterocycles. The van der Waals surface area contributed by atoms with Gasteiger partial charge in [0.2, 0.25) is 10.0 Å². The zero-order valence-corrected chi connectivity index (χ0v) is 13.3. The second-order valence-corrected chi connectivity index (χ2v) is 7.12. The second kappa shape index (κ2) is 7.50. The van der Waals surface area contributed by atoms with Crippen LogP contribution in [0.15, 0.2) is 23.1 Å². The Labute approximate surface area is 123 Å². The van der Waals surface area contributed by atoms with Crippen molar-refractivity contribution in [2.45, 2.75) is 30.9 Å². The van der Waals surface area contributed by atoms with Crippen molar-refractivity contribution < 1.29 is 13.5 Å². The van der Waals surface area contributed by atoms with E-state index in [1.807, 2.05) is 13.2 Å². The number of aliphatic hydroxyl groups excluding tert-OH is 1. The topological polar surface area (TPSA) is 66.4 Å². The van der Waals surface area contributed by atoms with Gasteiger partial charge in [0.25, 0.3) is 0 Å². The third-order valence-corrected chi connectivity index (χ3v) is 5.29. The molecular weight excluding hydrogens is 306 g/mol. The predicted octanol–water partition coefficient (Wildman–Crippen LogP) is 2.25. The maximum absolute atomic E-state index is 12.2. The number of thioether (sulfide) groups is 1. The van der Waals surface area contributed by atoms with E-state index in [0.717, 1.165) is 12.2 Å². The molecular formula is C12H18ClNO3S2. The molecule has 2 N–H and O–H groups in total. The zero-order chi connectivity index (χ0) is 14.5. The lowest BCUT2D eigenvalue weighted by atomic mass is 10.2. The minimum absolute atomic E-state index is 0.101. The van der Waals surface area contributed by atoms with Crippen molar-refractivity contribution in [2.75, 3.05) is 12.0 Å². The zero-order valence-electron chi connectivity index (χ0n) is 10.9. The van der Waals surface area contributed by atoms with Crippen LogP contribution < -0.4 is 4.72 Å². The summed E-state index contributed by atoms with van der Waals surface area (Å²) in [6, 6.07) is 4.23. The van der Waals surface area contributed by atoms with E-state index in [1.54, 1.807) is 11.8 Å². The van der Waals surface area contributed by atoms with E-state index in [0.29, 0.717) is 5.56 Å². The number of benzene rings is 1. The SMILES string of the molecule is CCC(CSC)NS(=O)(=O)c1ccc(CO)c(Cl)c1. The van der Waals surface area contributed by atoms with Crippen LogP contribution in [-0.2, 0) is 16.6 Å². The smallest absolute Gasteiger partial charge is 0.240 e. The van der Waals surface area contributed by atoms with Crippen LogP contribution >= 0.6 is 23.4 Å². The Bertz CT molecular complexity index is 520. The van der Waals surface area contributed by atoms with Crippen molar-refractivity contribution in [3.05, 3.63) is 28.8 Å². The van der Waals surface area contributed by atoms with Crippen LogP contribution in [0.25, 0.3) is 0 Å². The van der Waals surface area contributed by atoms with E-state index in [-0.39, 0.29) is 22.6 Å². The molecule has 19 heavy (non-hydrogen) atoms. The quantitative estimate of drug-likeness (QED) is 0.807. The lowest BCUT2D eigenvalue weighted by Crippen LogP contribution is -2.36. The van der Waals surface area contributed by atoms with E-state index in [9.17, 15) is 8.42 Å². The number of hydrogen-bond acceptors (Lipinski definition) is 4. The molecule has 0 heterocycles. The highest BCUT2D eigenvalue weighted by atomic mass is 35.5. The maximum atomic E-state index is 12.2. The molecule has 4 nitrogen and oxygen atoms in total. The van der Waals surface area contributed by atoms with Gasteiger partial charge in [-0.1, -0.05) is 24.6 Å². The summed E-state index contributed by atoms with van der Waals surface area (Å²) in [7, 11) is -3.57. The van der Waals surface area contributed by atoms with Crippen molar-refractivity contribution >= 4 is 33.4 Å². The summed E-state index contributed by atoms with van der Waals surface area (Å²) in [4.78, 5) is 0.120. The van der Waals surface area contributed by atoms with Gasteiger partial charge in [0, 0.05) is 16.8 Å². The predicted molar refractivity (Wildman–Crippen MR) is 80.2 cm³/mol. The number of rotatable bonds is 7. The maximum Gasteiger partial charge on any atom is 0.240 e. The van der Waals surface area contributed by atoms with Gasteiger partial charge in [-0.05, 0) is 30.4 Å². The highest BCUT2D eigenvalue weighted by Crippen LogP contribution is 2.21. The molecule has 1 aromatic carbocycles. The van der Waals surface area contributed by atoms with E-state index < -0.39 is 10.0 Å². The normalized spacial score (nSPS) is 13.5. The summed E-state index contributed by atoms with van der Waals surface area (Å²) in [5.74, 6) is 0.720. The fraction of sp³-hybridized carbons (Fsp3) is 0.500. The van der Waals surface area contributed by atoms with E-state index in [4.69, 9.17) is 16.7 Å². The Morgan fingerprint density at radius 1 is 1.47 bits per heavy atom. The molecule has 1 rings (SSSR count). The van der Waals surface area contributed by atoms with Gasteiger partial charge in [-0.25, -0.2) is 13.1 Å². The average Bonchev–Trinajstić information content (AvgIpc) is 2.37. The molecule has 0 amide bonds. The van der Waals surface area contributed by atoms with Crippen LogP contribution in [0.1, 0.15) is 18.9 Å². The minimum Gasteiger partial charge on any atom is -0.392 e. The van der Waals surface area contributed by atoms with Crippen molar-refractivity contribution in [3.8, 4) is 0 Å². The molecule has 7 heteroatoms. The van der Waals surface area contributed by atoms with Crippen LogP contribution in [0.5, 0.6) is 0 Å². The lowest BCUT2D eigenvalue weighted by molar-refractivity contribution is 0.282. The van der Waals surface area contributed by atoms with E-state index in [1.165, 1.54) is 18.2 Å². The summed E-state index contributed by atoms with van der Waals surface area (Å²) in [6.45, 7) is 1.72. The highest BCUT2D eigenvalue weighted by Gasteiger charge is 2.19. The fourth-order valence-corrected chi connectivity index (χ4v) is 4.02. The summed E-state index contributed by atoms with van der Waals surface area (Å²) < 4.78 is 27.0. The van der Waals surface area contributed by atoms with Gasteiger partial charge in [-0.2, -0.15) is 11.8 Å². The molecule has 1 atom stereocenters. The largest absolute Gasteiger partial charge is 0.392 e. The summed E-state index contributed by atoms with van der Waals surface area (Å²) in [6.07, 6.45) is 2.66. The first-order chi connectivity index (χ1) is 8.94. The van der Waals surface area contributed by atoms with Crippen molar-refractivity contribution in [1.82, 2.24) is 4.72 Å². The van der Waals surface area contributed by atoms with Crippen LogP contribution in [0.3, 0.4) is 0 Å². The number of halogens is 1. The Balaban J connectivity index is 2.96. The molecule has 0 aliphatic heterocycles. The molecule has 1 aromatic rings. The van der Waals surface area contributed by atoms with Gasteiger partial charge in [0.15, 0.2) is 0 Å². The molecule has 0 radical (unpaired) electrons. The lowest BCUT2D eigenvalue weighted by Gasteiger charge is -2.16. The van der Waals surface area contributed by atoms with Crippen molar-refractivity contribution in [1.29, 1.82) is 0 Å². The second-order valence-electron chi connectivity index (χ2n) is 4.09. The molecule has 0 spiro atoms. The van der Waals surface area contributed by atoms with E-state index in [2.05, 4.69) is 4.72 Å². The van der Waals surface area contributed by atoms with Crippen molar-refractivity contribution in [3.63, 3.8) is 0 Å². The summed E-state index contributed by atoms with van der Waals surface area (Å²) in [5, 5.41) is 9.27.